The molecule has 0 atom stereocenters. The summed E-state index contributed by atoms with van der Waals surface area (Å²) < 4.78 is 11.2. The number of esters is 1. The third-order valence-electron chi connectivity index (χ3n) is 4.84. The summed E-state index contributed by atoms with van der Waals surface area (Å²) in [6.07, 6.45) is 2.08. The van der Waals surface area contributed by atoms with E-state index in [9.17, 15) is 4.79 Å². The summed E-state index contributed by atoms with van der Waals surface area (Å²) in [7, 11) is 0. The number of aryl methyl sites for hydroxylation is 3. The zero-order chi connectivity index (χ0) is 22.2. The molecule has 0 saturated heterocycles. The predicted octanol–water partition coefficient (Wildman–Crippen LogP) is 7.43. The average molecular weight is 417 g/mol. The van der Waals surface area contributed by atoms with Crippen molar-refractivity contribution in [1.82, 2.24) is 0 Å². The van der Waals surface area contributed by atoms with Gasteiger partial charge in [-0.2, -0.15) is 10.2 Å². The SMILES string of the molecule is CCCCOc1ccc(C(=O)Oc2ccc(N=Nc3ccc(C)cc3C)cc2C)cc1. The maximum absolute atomic E-state index is 12.5. The third kappa shape index (κ3) is 6.25. The summed E-state index contributed by atoms with van der Waals surface area (Å²) in [6.45, 7) is 8.73. The fourth-order valence-electron chi connectivity index (χ4n) is 3.02. The molecule has 0 heterocycles. The quantitative estimate of drug-likeness (QED) is 0.166. The summed E-state index contributed by atoms with van der Waals surface area (Å²) in [6, 6.07) is 18.4. The normalized spacial score (nSPS) is 11.0. The van der Waals surface area contributed by atoms with Crippen LogP contribution in [0.25, 0.3) is 0 Å². The van der Waals surface area contributed by atoms with Crippen LogP contribution in [0.1, 0.15) is 46.8 Å². The molecule has 0 spiro atoms. The van der Waals surface area contributed by atoms with Gasteiger partial charge in [-0.25, -0.2) is 4.79 Å². The predicted molar refractivity (Wildman–Crippen MR) is 123 cm³/mol. The van der Waals surface area contributed by atoms with Crippen LogP contribution in [0.4, 0.5) is 11.4 Å². The molecule has 0 amide bonds. The number of unbranched alkanes of at least 4 members (excludes halogenated alkanes) is 1. The van der Waals surface area contributed by atoms with Crippen LogP contribution in [0.5, 0.6) is 11.5 Å². The first-order valence-corrected chi connectivity index (χ1v) is 10.5. The molecule has 3 aromatic carbocycles. The Hall–Kier alpha value is -3.47. The molecule has 0 N–H and O–H groups in total. The van der Waals surface area contributed by atoms with Crippen LogP contribution in [0.3, 0.4) is 0 Å². The minimum Gasteiger partial charge on any atom is -0.494 e. The van der Waals surface area contributed by atoms with E-state index in [2.05, 4.69) is 23.2 Å². The second-order valence-corrected chi connectivity index (χ2v) is 7.56. The van der Waals surface area contributed by atoms with Crippen LogP contribution >= 0.6 is 0 Å². The molecule has 31 heavy (non-hydrogen) atoms. The van der Waals surface area contributed by atoms with E-state index in [-0.39, 0.29) is 0 Å². The molecule has 5 nitrogen and oxygen atoms in total. The van der Waals surface area contributed by atoms with Crippen molar-refractivity contribution in [2.75, 3.05) is 6.61 Å². The van der Waals surface area contributed by atoms with Crippen molar-refractivity contribution in [1.29, 1.82) is 0 Å². The molecule has 5 heteroatoms. The van der Waals surface area contributed by atoms with Gasteiger partial charge in [0.2, 0.25) is 0 Å². The number of hydrogen-bond donors (Lipinski definition) is 0. The molecule has 0 bridgehead atoms. The molecule has 0 unspecified atom stereocenters. The number of azo groups is 1. The molecule has 0 aliphatic rings. The number of rotatable bonds is 8. The number of nitrogens with zero attached hydrogens (tertiary/aromatic N) is 2. The molecule has 0 saturated carbocycles. The van der Waals surface area contributed by atoms with Crippen molar-refractivity contribution in [2.45, 2.75) is 40.5 Å². The van der Waals surface area contributed by atoms with Crippen molar-refractivity contribution in [3.63, 3.8) is 0 Å². The van der Waals surface area contributed by atoms with E-state index < -0.39 is 5.97 Å². The number of carbonyl (C=O) groups excluding carboxylic acids is 1. The largest absolute Gasteiger partial charge is 0.494 e. The van der Waals surface area contributed by atoms with Gasteiger partial charge >= 0.3 is 5.97 Å². The van der Waals surface area contributed by atoms with E-state index in [4.69, 9.17) is 9.47 Å². The molecule has 0 radical (unpaired) electrons. The van der Waals surface area contributed by atoms with Crippen molar-refractivity contribution in [3.05, 3.63) is 82.9 Å². The number of benzene rings is 3. The van der Waals surface area contributed by atoms with E-state index in [1.54, 1.807) is 36.4 Å². The summed E-state index contributed by atoms with van der Waals surface area (Å²) >= 11 is 0. The maximum atomic E-state index is 12.5. The average Bonchev–Trinajstić information content (AvgIpc) is 2.75. The van der Waals surface area contributed by atoms with Crippen molar-refractivity contribution >= 4 is 17.3 Å². The molecule has 160 valence electrons. The lowest BCUT2D eigenvalue weighted by Gasteiger charge is -2.09. The lowest BCUT2D eigenvalue weighted by Crippen LogP contribution is -2.09. The van der Waals surface area contributed by atoms with Gasteiger partial charge in [-0.1, -0.05) is 31.0 Å². The van der Waals surface area contributed by atoms with E-state index >= 15 is 0 Å². The second-order valence-electron chi connectivity index (χ2n) is 7.56. The van der Waals surface area contributed by atoms with E-state index in [0.717, 1.165) is 35.4 Å². The zero-order valence-corrected chi connectivity index (χ0v) is 18.5. The topological polar surface area (TPSA) is 60.2 Å². The van der Waals surface area contributed by atoms with E-state index in [0.29, 0.717) is 23.6 Å². The first-order chi connectivity index (χ1) is 15.0. The molecular weight excluding hydrogens is 388 g/mol. The van der Waals surface area contributed by atoms with Gasteiger partial charge in [-0.3, -0.25) is 0 Å². The second kappa shape index (κ2) is 10.5. The van der Waals surface area contributed by atoms with Gasteiger partial charge in [-0.15, -0.1) is 0 Å². The molecule has 0 fully saturated rings. The van der Waals surface area contributed by atoms with Crippen molar-refractivity contribution in [2.24, 2.45) is 10.2 Å². The van der Waals surface area contributed by atoms with Gasteiger partial charge in [0.15, 0.2) is 0 Å². The summed E-state index contributed by atoms with van der Waals surface area (Å²) in [4.78, 5) is 12.5. The monoisotopic (exact) mass is 416 g/mol. The van der Waals surface area contributed by atoms with Crippen LogP contribution in [0, 0.1) is 20.8 Å². The minimum atomic E-state index is -0.409. The highest BCUT2D eigenvalue weighted by Gasteiger charge is 2.11. The van der Waals surface area contributed by atoms with Crippen molar-refractivity contribution in [3.8, 4) is 11.5 Å². The summed E-state index contributed by atoms with van der Waals surface area (Å²) in [5.74, 6) is 0.839. The number of hydrogen-bond acceptors (Lipinski definition) is 5. The fourth-order valence-corrected chi connectivity index (χ4v) is 3.02. The lowest BCUT2D eigenvalue weighted by atomic mass is 10.1. The highest BCUT2D eigenvalue weighted by molar-refractivity contribution is 5.91. The molecule has 0 aliphatic heterocycles. The van der Waals surface area contributed by atoms with Gasteiger partial charge in [0.1, 0.15) is 11.5 Å². The smallest absolute Gasteiger partial charge is 0.343 e. The van der Waals surface area contributed by atoms with Gasteiger partial charge in [-0.05, 0) is 86.8 Å². The van der Waals surface area contributed by atoms with Crippen LogP contribution < -0.4 is 9.47 Å². The van der Waals surface area contributed by atoms with Crippen LogP contribution in [0.15, 0.2) is 70.9 Å². The Balaban J connectivity index is 1.64. The van der Waals surface area contributed by atoms with E-state index in [1.807, 2.05) is 39.0 Å². The Morgan fingerprint density at radius 3 is 2.32 bits per heavy atom. The summed E-state index contributed by atoms with van der Waals surface area (Å²) in [5, 5.41) is 8.65. The Bertz CT molecular complexity index is 1070. The molecule has 0 aromatic heterocycles. The lowest BCUT2D eigenvalue weighted by molar-refractivity contribution is 0.0733. The fraction of sp³-hybridized carbons (Fsp3) is 0.269. The Morgan fingerprint density at radius 2 is 1.65 bits per heavy atom. The van der Waals surface area contributed by atoms with E-state index in [1.165, 1.54) is 5.56 Å². The molecule has 3 aromatic rings. The molecular formula is C26H28N2O3. The highest BCUT2D eigenvalue weighted by atomic mass is 16.5. The minimum absolute atomic E-state index is 0.409. The Labute approximate surface area is 183 Å². The van der Waals surface area contributed by atoms with Crippen molar-refractivity contribution < 1.29 is 14.3 Å². The van der Waals surface area contributed by atoms with Gasteiger partial charge in [0.25, 0.3) is 0 Å². The maximum Gasteiger partial charge on any atom is 0.343 e. The van der Waals surface area contributed by atoms with Crippen LogP contribution in [-0.4, -0.2) is 12.6 Å². The van der Waals surface area contributed by atoms with Gasteiger partial charge < -0.3 is 9.47 Å². The van der Waals surface area contributed by atoms with Gasteiger partial charge in [0.05, 0.1) is 23.5 Å². The summed E-state index contributed by atoms with van der Waals surface area (Å²) in [5.41, 5.74) is 5.09. The molecule has 3 rings (SSSR count). The van der Waals surface area contributed by atoms with Crippen LogP contribution in [-0.2, 0) is 0 Å². The van der Waals surface area contributed by atoms with Gasteiger partial charge in [0, 0.05) is 0 Å². The highest BCUT2D eigenvalue weighted by Crippen LogP contribution is 2.27. The Morgan fingerprint density at radius 1 is 0.871 bits per heavy atom. The standard InChI is InChI=1S/C26H28N2O3/c1-5-6-15-30-23-11-8-21(9-12-23)26(29)31-25-14-10-22(17-20(25)4)27-28-24-13-7-18(2)16-19(24)3/h7-14,16-17H,5-6,15H2,1-4H3. The third-order valence-corrected chi connectivity index (χ3v) is 4.84. The number of carbonyl (C=O) groups is 1. The Kier molecular flexibility index (Phi) is 7.55. The first-order valence-electron chi connectivity index (χ1n) is 10.5. The first kappa shape index (κ1) is 22.2. The zero-order valence-electron chi connectivity index (χ0n) is 18.5. The molecule has 0 aliphatic carbocycles. The van der Waals surface area contributed by atoms with Crippen LogP contribution in [0.2, 0.25) is 0 Å². The number of ether oxygens (including phenoxy) is 2.